The minimum Gasteiger partial charge on any atom is -0.139 e. The molecule has 0 aromatic carbocycles. The summed E-state index contributed by atoms with van der Waals surface area (Å²) in [6.45, 7) is 0. The molecule has 0 amide bonds. The van der Waals surface area contributed by atoms with Crippen molar-refractivity contribution in [3.63, 3.8) is 0 Å². The molecule has 0 aliphatic rings. The lowest BCUT2D eigenvalue weighted by Crippen LogP contribution is -1.43. The Morgan fingerprint density at radius 2 is 0.391 bits per heavy atom. The molecule has 0 aromatic heterocycles. The van der Waals surface area contributed by atoms with E-state index in [1.165, 1.54) is 8.88 Å². The fraction of sp³-hybridized carbons (Fsp3) is 1.00. The lowest BCUT2D eigenvalue weighted by atomic mass is 12.0. The SMILES string of the molecule is [2H]S(C)=S=S=S=S=S=S=S=S=S=S=S=S=S=S=S=S=S=S=S=S=S=S=S=S=S=S=S=S=S=S=S=S=S=S=S=S=S=S=S=S=S=S=S=S. The predicted octanol–water partition coefficient (Wildman–Crippen LogP) is -0.210. The molecule has 1 unspecified atom stereocenters. The van der Waals surface area contributed by atoms with Gasteiger partial charge in [-0.1, -0.05) is 0 Å². The Labute approximate surface area is 398 Å². The maximum Gasteiger partial charge on any atom is 0.108 e. The molecule has 0 aromatic rings. The Morgan fingerprint density at radius 3 is 0.522 bits per heavy atom. The van der Waals surface area contributed by atoms with Gasteiger partial charge in [-0.2, -0.15) is 0 Å². The minimum absolute atomic E-state index is 0.298. The van der Waals surface area contributed by atoms with E-state index in [4.69, 9.17) is 12.3 Å². The molecule has 1 atom stereocenters. The van der Waals surface area contributed by atoms with Crippen molar-refractivity contribution in [2.75, 3.05) is 6.26 Å². The van der Waals surface area contributed by atoms with Crippen LogP contribution in [0.5, 0.6) is 0 Å². The highest BCUT2D eigenvalue weighted by atomic mass is 33.5. The van der Waals surface area contributed by atoms with Crippen molar-refractivity contribution in [2.24, 2.45) is 0 Å². The second-order valence-electron chi connectivity index (χ2n) is 3.09. The Kier molecular flexibility index (Phi) is 64.7. The second kappa shape index (κ2) is 55.0. The molecule has 0 radical (unpaired) electrons. The largest absolute Gasteiger partial charge is 0.139 e. The maximum absolute atomic E-state index is 7.46. The van der Waals surface area contributed by atoms with E-state index in [9.17, 15) is 0 Å². The molecule has 0 bridgehead atoms. The van der Waals surface area contributed by atoms with E-state index >= 15 is 0 Å². The van der Waals surface area contributed by atoms with E-state index in [-0.39, 0.29) is 10.2 Å². The Bertz CT molecular complexity index is 3100. The Hall–Kier alpha value is 10.0. The van der Waals surface area contributed by atoms with E-state index in [0.29, 0.717) is 0 Å². The smallest absolute Gasteiger partial charge is 0.108 e. The number of hydrogen-bond acceptors (Lipinski definition) is 1. The summed E-state index contributed by atoms with van der Waals surface area (Å²) in [5.74, 6) is 0. The summed E-state index contributed by atoms with van der Waals surface area (Å²) in [6.07, 6.45) is 1.92. The average Bonchev–Trinajstić information content (AvgIpc) is 3.07. The molecule has 0 aliphatic heterocycles. The molecule has 0 heterocycles. The van der Waals surface area contributed by atoms with Crippen LogP contribution in [0.4, 0.5) is 0 Å². The molecule has 45 heteroatoms. The molecule has 0 saturated heterocycles. The maximum atomic E-state index is 7.46. The molecule has 0 N–H and O–H groups in total. The van der Waals surface area contributed by atoms with Crippen LogP contribution in [-0.2, 0) is 403 Å². The zero-order valence-corrected chi connectivity index (χ0v) is 56.1. The number of hydrogen-bond donors (Lipinski definition) is 1. The van der Waals surface area contributed by atoms with Gasteiger partial charge in [0.25, 0.3) is 0 Å². The van der Waals surface area contributed by atoms with Gasteiger partial charge in [0.05, 0.1) is 0 Å². The van der Waals surface area contributed by atoms with Crippen LogP contribution >= 0.6 is 0 Å². The summed E-state index contributed by atoms with van der Waals surface area (Å²) < 4.78 is 7.46. The van der Waals surface area contributed by atoms with E-state index in [1.54, 1.807) is 124 Å². The Morgan fingerprint density at radius 1 is 0.261 bits per heavy atom. The highest BCUT2D eigenvalue weighted by Gasteiger charge is 1.45. The monoisotopic (exact) mass is 1460 g/mol. The van der Waals surface area contributed by atoms with E-state index in [2.05, 4.69) is 0 Å². The highest BCUT2D eigenvalue weighted by Crippen LogP contribution is 1.45. The molecule has 46 heavy (non-hydrogen) atoms. The van der Waals surface area contributed by atoms with Gasteiger partial charge in [-0.25, -0.2) is 0 Å². The quantitative estimate of drug-likeness (QED) is 0.329. The van der Waals surface area contributed by atoms with Crippen LogP contribution in [0.3, 0.4) is 0 Å². The molecular formula is CH4S45. The van der Waals surface area contributed by atoms with Gasteiger partial charge in [0.2, 0.25) is 0 Å². The third-order valence-corrected chi connectivity index (χ3v) is 96.3. The lowest BCUT2D eigenvalue weighted by Gasteiger charge is -1.45. The first-order valence-corrected chi connectivity index (χ1v) is 67.2. The fourth-order valence-electron chi connectivity index (χ4n) is 0.493. The summed E-state index contributed by atoms with van der Waals surface area (Å²) in [4.78, 5) is 0. The topological polar surface area (TPSA) is 0 Å². The lowest BCUT2D eigenvalue weighted by molar-refractivity contribution is 2.54. The molecular weight excluding hydrogens is 1460 g/mol. The third-order valence-electron chi connectivity index (χ3n) is 1.23. The van der Waals surface area contributed by atoms with Crippen molar-refractivity contribution in [2.45, 2.75) is 0 Å². The summed E-state index contributed by atoms with van der Waals surface area (Å²) >= 11 is 4.81. The molecule has 278 valence electrons. The van der Waals surface area contributed by atoms with Gasteiger partial charge >= 0.3 is 0 Å². The Balaban J connectivity index is 6.06. The van der Waals surface area contributed by atoms with Gasteiger partial charge in [-0.3, -0.25) is 0 Å². The third kappa shape index (κ3) is 54.0. The van der Waals surface area contributed by atoms with Crippen molar-refractivity contribution in [3.05, 3.63) is 0 Å². The van der Waals surface area contributed by atoms with E-state index in [0.717, 1.165) is 0 Å². The summed E-state index contributed by atoms with van der Waals surface area (Å²) in [6, 6.07) is 0. The zero-order chi connectivity index (χ0) is 34.0. The molecule has 0 rings (SSSR count). The van der Waals surface area contributed by atoms with Gasteiger partial charge in [-0.05, 0) is 86.2 Å². The number of rotatable bonds is 0. The highest BCUT2D eigenvalue weighted by molar-refractivity contribution is 8.81. The first-order chi connectivity index (χ1) is 23.3. The fourth-order valence-corrected chi connectivity index (χ4v) is 115. The molecule has 0 aliphatic carbocycles. The van der Waals surface area contributed by atoms with Crippen molar-refractivity contribution in [3.8, 4) is 0 Å². The van der Waals surface area contributed by atoms with Crippen LogP contribution in [0.2, 0.25) is 0 Å². The molecule has 0 spiro atoms. The normalized spacial score (nSPS) is 8.85. The van der Waals surface area contributed by atoms with Crippen LogP contribution < -0.4 is 0 Å². The van der Waals surface area contributed by atoms with Crippen molar-refractivity contribution in [1.29, 1.82) is 1.12 Å². The van der Waals surface area contributed by atoms with Gasteiger partial charge < -0.3 is 0 Å². The van der Waals surface area contributed by atoms with Crippen LogP contribution in [0, 0.1) is 0 Å². The molecule has 0 saturated carbocycles. The summed E-state index contributed by atoms with van der Waals surface area (Å²) in [5, 5.41) is 0. The summed E-state index contributed by atoms with van der Waals surface area (Å²) in [5.41, 5.74) is 0. The van der Waals surface area contributed by atoms with Crippen molar-refractivity contribution >= 4 is 403 Å². The van der Waals surface area contributed by atoms with E-state index < -0.39 is 0 Å². The van der Waals surface area contributed by atoms with Crippen LogP contribution in [0.1, 0.15) is 0 Å². The van der Waals surface area contributed by atoms with Crippen LogP contribution in [-0.4, -0.2) is 7.38 Å². The van der Waals surface area contributed by atoms with Crippen LogP contribution in [0.25, 0.3) is 0 Å². The van der Waals surface area contributed by atoms with E-state index in [1.807, 2.05) is 255 Å². The van der Waals surface area contributed by atoms with Gasteiger partial charge in [0.15, 0.2) is 0 Å². The van der Waals surface area contributed by atoms with Gasteiger partial charge in [-0.15, -0.1) is 10.2 Å². The summed E-state index contributed by atoms with van der Waals surface area (Å²) in [7, 11) is 76.5. The van der Waals surface area contributed by atoms with Gasteiger partial charge in [0.1, 0.15) is 1.12 Å². The molecule has 0 nitrogen and oxygen atoms in total. The standard InChI is InChI=1S/CH4S45/c1-3-5-7-9-11-13-15-17-19-21-23-25-27-29-31-33-35-37-39-41-43-45-46-44-42-40-38-36-34-32-30-28-26-24-22-20-18-16-14-12-10-8-6-4-2/h3H,1H3/i3D. The number of thiol groups is 1. The molecule has 0 fully saturated rings. The van der Waals surface area contributed by atoms with Crippen molar-refractivity contribution < 1.29 is 0 Å². The van der Waals surface area contributed by atoms with Gasteiger partial charge in [0, 0.05) is 313 Å². The first-order valence-electron chi connectivity index (χ1n) is 8.15. The average molecular weight is 1460 g/mol. The zero-order valence-electron chi connectivity index (χ0n) is 20.4. The predicted molar refractivity (Wildman–Crippen MR) is 339 cm³/mol. The second-order valence-corrected chi connectivity index (χ2v) is 80.5. The van der Waals surface area contributed by atoms with Crippen molar-refractivity contribution in [1.82, 2.24) is 0 Å². The van der Waals surface area contributed by atoms with Crippen LogP contribution in [0.15, 0.2) is 0 Å². The first kappa shape index (κ1) is 54.0. The minimum atomic E-state index is -0.298.